The Morgan fingerprint density at radius 1 is 1.16 bits per heavy atom. The van der Waals surface area contributed by atoms with E-state index in [0.29, 0.717) is 31.8 Å². The fourth-order valence-electron chi connectivity index (χ4n) is 2.64. The molecule has 0 radical (unpaired) electrons. The molecule has 0 spiro atoms. The van der Waals surface area contributed by atoms with Crippen LogP contribution in [0.15, 0.2) is 50.2 Å². The minimum atomic E-state index is -0.788. The molecule has 2 N–H and O–H groups in total. The van der Waals surface area contributed by atoms with E-state index in [0.717, 1.165) is 4.90 Å². The minimum Gasteiger partial charge on any atom is -0.493 e. The molecule has 11 heteroatoms. The van der Waals surface area contributed by atoms with Crippen LogP contribution in [0.1, 0.15) is 15.9 Å². The predicted molar refractivity (Wildman–Crippen MR) is 122 cm³/mol. The van der Waals surface area contributed by atoms with Crippen molar-refractivity contribution in [3.63, 3.8) is 0 Å². The Balaban J connectivity index is 1.89. The number of carbonyl (C=O) groups excluding carboxylic acids is 4. The summed E-state index contributed by atoms with van der Waals surface area (Å²) < 4.78 is 11.8. The Morgan fingerprint density at radius 3 is 2.52 bits per heavy atom. The third-order valence-corrected chi connectivity index (χ3v) is 6.21. The summed E-state index contributed by atoms with van der Waals surface area (Å²) >= 11 is 7.36. The van der Waals surface area contributed by atoms with Gasteiger partial charge in [-0.1, -0.05) is 12.1 Å². The van der Waals surface area contributed by atoms with E-state index >= 15 is 0 Å². The van der Waals surface area contributed by atoms with Gasteiger partial charge in [-0.05, 0) is 79.5 Å². The van der Waals surface area contributed by atoms with E-state index in [1.165, 1.54) is 13.2 Å². The molecule has 0 aromatic heterocycles. The number of primary amides is 1. The van der Waals surface area contributed by atoms with Crippen LogP contribution in [-0.4, -0.2) is 41.6 Å². The number of ether oxygens (including phenoxy) is 2. The summed E-state index contributed by atoms with van der Waals surface area (Å²) in [7, 11) is 1.40. The summed E-state index contributed by atoms with van der Waals surface area (Å²) in [6, 6.07) is 9.97. The summed E-state index contributed by atoms with van der Waals surface area (Å²) in [6.07, 6.45) is 1.47. The molecule has 0 aliphatic carbocycles. The van der Waals surface area contributed by atoms with Crippen LogP contribution < -0.4 is 15.2 Å². The summed E-state index contributed by atoms with van der Waals surface area (Å²) in [5.74, 6) is -1.61. The number of benzene rings is 2. The van der Waals surface area contributed by atoms with Crippen molar-refractivity contribution in [2.24, 2.45) is 5.73 Å². The molecule has 3 rings (SSSR count). The van der Waals surface area contributed by atoms with E-state index in [4.69, 9.17) is 15.2 Å². The predicted octanol–water partition coefficient (Wildman–Crippen LogP) is 3.96. The molecule has 1 aliphatic heterocycles. The molecule has 2 aromatic rings. The molecule has 1 aliphatic rings. The zero-order valence-corrected chi connectivity index (χ0v) is 19.9. The standard InChI is InChI=1S/C20H14Br2N2O6S/c1-29-14-7-10(8-15-18(26)24(9-16(23)25)20(28)31-15)6-13(22)17(14)30-19(27)11-4-2-3-5-12(11)21/h2-8H,9H2,1H3,(H2,23,25)/b15-8-. The van der Waals surface area contributed by atoms with Crippen LogP contribution in [0.4, 0.5) is 4.79 Å². The van der Waals surface area contributed by atoms with Crippen LogP contribution in [0.25, 0.3) is 6.08 Å². The molecule has 8 nitrogen and oxygen atoms in total. The van der Waals surface area contributed by atoms with E-state index in [9.17, 15) is 19.2 Å². The van der Waals surface area contributed by atoms with Gasteiger partial charge in [0.15, 0.2) is 11.5 Å². The maximum Gasteiger partial charge on any atom is 0.344 e. The van der Waals surface area contributed by atoms with Gasteiger partial charge in [0.1, 0.15) is 6.54 Å². The molecule has 0 bridgehead atoms. The Labute approximate surface area is 198 Å². The van der Waals surface area contributed by atoms with Crippen LogP contribution >= 0.6 is 43.6 Å². The van der Waals surface area contributed by atoms with Crippen molar-refractivity contribution in [1.29, 1.82) is 0 Å². The smallest absolute Gasteiger partial charge is 0.344 e. The zero-order chi connectivity index (χ0) is 22.7. The van der Waals surface area contributed by atoms with Crippen molar-refractivity contribution >= 4 is 72.7 Å². The highest BCUT2D eigenvalue weighted by Gasteiger charge is 2.36. The average molecular weight is 570 g/mol. The first-order chi connectivity index (χ1) is 14.7. The van der Waals surface area contributed by atoms with Crippen molar-refractivity contribution in [2.75, 3.05) is 13.7 Å². The van der Waals surface area contributed by atoms with E-state index in [1.807, 2.05) is 0 Å². The summed E-state index contributed by atoms with van der Waals surface area (Å²) in [6.45, 7) is -0.487. The number of thioether (sulfide) groups is 1. The van der Waals surface area contributed by atoms with Crippen LogP contribution in [0, 0.1) is 0 Å². The normalized spacial score (nSPS) is 14.8. The quantitative estimate of drug-likeness (QED) is 0.318. The summed E-state index contributed by atoms with van der Waals surface area (Å²) in [4.78, 5) is 48.9. The lowest BCUT2D eigenvalue weighted by Gasteiger charge is -2.13. The molecule has 0 unspecified atom stereocenters. The first-order valence-corrected chi connectivity index (χ1v) is 11.0. The third kappa shape index (κ3) is 5.17. The molecule has 160 valence electrons. The summed E-state index contributed by atoms with van der Waals surface area (Å²) in [5.41, 5.74) is 5.92. The number of methoxy groups -OCH3 is 1. The lowest BCUT2D eigenvalue weighted by atomic mass is 10.1. The number of hydrogen-bond donors (Lipinski definition) is 1. The van der Waals surface area contributed by atoms with Gasteiger partial charge in [0.25, 0.3) is 11.1 Å². The molecule has 3 amide bonds. The third-order valence-electron chi connectivity index (χ3n) is 4.03. The number of imide groups is 1. The average Bonchev–Trinajstić information content (AvgIpc) is 2.96. The number of nitrogens with zero attached hydrogens (tertiary/aromatic N) is 1. The zero-order valence-electron chi connectivity index (χ0n) is 15.9. The maximum absolute atomic E-state index is 12.6. The molecule has 0 atom stereocenters. The number of hydrogen-bond acceptors (Lipinski definition) is 7. The Bertz CT molecular complexity index is 1130. The van der Waals surface area contributed by atoms with Crippen molar-refractivity contribution in [3.8, 4) is 11.5 Å². The van der Waals surface area contributed by atoms with E-state index < -0.39 is 29.6 Å². The molecule has 1 fully saturated rings. The van der Waals surface area contributed by atoms with Gasteiger partial charge in [-0.3, -0.25) is 19.3 Å². The fraction of sp³-hybridized carbons (Fsp3) is 0.100. The molecule has 1 heterocycles. The first kappa shape index (κ1) is 23.0. The van der Waals surface area contributed by atoms with Crippen LogP contribution in [0.2, 0.25) is 0 Å². The number of esters is 1. The van der Waals surface area contributed by atoms with Gasteiger partial charge in [-0.15, -0.1) is 0 Å². The van der Waals surface area contributed by atoms with Gasteiger partial charge in [-0.25, -0.2) is 4.79 Å². The van der Waals surface area contributed by atoms with Crippen molar-refractivity contribution < 1.29 is 28.7 Å². The Kier molecular flexibility index (Phi) is 7.19. The van der Waals surface area contributed by atoms with Gasteiger partial charge < -0.3 is 15.2 Å². The summed E-state index contributed by atoms with van der Waals surface area (Å²) in [5, 5.41) is -0.583. The van der Waals surface area contributed by atoms with Crippen LogP contribution in [-0.2, 0) is 9.59 Å². The number of halogens is 2. The monoisotopic (exact) mass is 568 g/mol. The highest BCUT2D eigenvalue weighted by molar-refractivity contribution is 9.10. The molecule has 2 aromatic carbocycles. The molecule has 31 heavy (non-hydrogen) atoms. The van der Waals surface area contributed by atoms with E-state index in [-0.39, 0.29) is 16.4 Å². The fourth-order valence-corrected chi connectivity index (χ4v) is 4.47. The Morgan fingerprint density at radius 2 is 1.87 bits per heavy atom. The maximum atomic E-state index is 12.6. The second-order valence-corrected chi connectivity index (χ2v) is 8.84. The molecular weight excluding hydrogens is 556 g/mol. The van der Waals surface area contributed by atoms with Gasteiger partial charge in [0.05, 0.1) is 22.1 Å². The lowest BCUT2D eigenvalue weighted by Crippen LogP contribution is -2.36. The van der Waals surface area contributed by atoms with Gasteiger partial charge in [0.2, 0.25) is 5.91 Å². The van der Waals surface area contributed by atoms with Gasteiger partial charge in [-0.2, -0.15) is 0 Å². The highest BCUT2D eigenvalue weighted by atomic mass is 79.9. The van der Waals surface area contributed by atoms with Crippen molar-refractivity contribution in [1.82, 2.24) is 4.90 Å². The largest absolute Gasteiger partial charge is 0.493 e. The number of amides is 3. The Hall–Kier alpha value is -2.63. The number of rotatable bonds is 6. The molecule has 1 saturated heterocycles. The minimum absolute atomic E-state index is 0.123. The first-order valence-electron chi connectivity index (χ1n) is 8.59. The SMILES string of the molecule is COc1cc(/C=C2\SC(=O)N(CC(N)=O)C2=O)cc(Br)c1OC(=O)c1ccccc1Br. The van der Waals surface area contributed by atoms with Crippen LogP contribution in [0.5, 0.6) is 11.5 Å². The van der Waals surface area contributed by atoms with Crippen molar-refractivity contribution in [2.45, 2.75) is 0 Å². The number of carbonyl (C=O) groups is 4. The second kappa shape index (κ2) is 9.67. The molecular formula is C20H14Br2N2O6S. The van der Waals surface area contributed by atoms with Crippen LogP contribution in [0.3, 0.4) is 0 Å². The lowest BCUT2D eigenvalue weighted by molar-refractivity contribution is -0.127. The molecule has 0 saturated carbocycles. The number of nitrogens with two attached hydrogens (primary N) is 1. The van der Waals surface area contributed by atoms with E-state index in [1.54, 1.807) is 36.4 Å². The van der Waals surface area contributed by atoms with Gasteiger partial charge in [0, 0.05) is 4.47 Å². The highest BCUT2D eigenvalue weighted by Crippen LogP contribution is 2.39. The second-order valence-electron chi connectivity index (χ2n) is 6.14. The topological polar surface area (TPSA) is 116 Å². The van der Waals surface area contributed by atoms with E-state index in [2.05, 4.69) is 31.9 Å². The van der Waals surface area contributed by atoms with Crippen molar-refractivity contribution in [3.05, 3.63) is 61.4 Å². The van der Waals surface area contributed by atoms with Gasteiger partial charge >= 0.3 is 5.97 Å².